The molecule has 1 aromatic carbocycles. The van der Waals surface area contributed by atoms with Gasteiger partial charge in [0.25, 0.3) is 0 Å². The molecule has 5 aliphatic rings. The van der Waals surface area contributed by atoms with E-state index < -0.39 is 12.1 Å². The number of carbonyl (C=O) groups is 1. The standard InChI is InChI=1S/C22H22O5/c23-17-8-15(22(24)25)12-3-2-11-13(14-7-16(17)21(12)20(11)14)5-10-1-4-18-19(6-10)27-9-26-18/h1-4,6,8,11-14,16-17,20-21,23H,5,7,9H2,(H,24,25). The second-order valence-electron chi connectivity index (χ2n) is 8.68. The van der Waals surface area contributed by atoms with Crippen molar-refractivity contribution in [1.82, 2.24) is 0 Å². The monoisotopic (exact) mass is 366 g/mol. The van der Waals surface area contributed by atoms with Crippen LogP contribution < -0.4 is 9.47 Å². The van der Waals surface area contributed by atoms with Crippen LogP contribution in [0.15, 0.2) is 42.0 Å². The van der Waals surface area contributed by atoms with Crippen LogP contribution in [0.1, 0.15) is 12.0 Å². The lowest BCUT2D eigenvalue weighted by Gasteiger charge is -2.54. The molecule has 1 aliphatic heterocycles. The molecule has 5 nitrogen and oxygen atoms in total. The number of aliphatic hydroxyl groups excluding tert-OH is 1. The van der Waals surface area contributed by atoms with E-state index in [1.165, 1.54) is 5.56 Å². The van der Waals surface area contributed by atoms with Crippen LogP contribution in [-0.4, -0.2) is 29.1 Å². The molecule has 0 bridgehead atoms. The van der Waals surface area contributed by atoms with E-state index in [4.69, 9.17) is 9.47 Å². The molecule has 27 heavy (non-hydrogen) atoms. The Hall–Kier alpha value is -2.27. The van der Waals surface area contributed by atoms with Crippen LogP contribution in [0.5, 0.6) is 11.5 Å². The quantitative estimate of drug-likeness (QED) is 0.805. The predicted molar refractivity (Wildman–Crippen MR) is 96.2 cm³/mol. The zero-order valence-corrected chi connectivity index (χ0v) is 14.8. The van der Waals surface area contributed by atoms with E-state index in [1.807, 2.05) is 6.07 Å². The Bertz CT molecular complexity index is 887. The molecule has 5 heteroatoms. The molecule has 140 valence electrons. The first kappa shape index (κ1) is 15.8. The van der Waals surface area contributed by atoms with Crippen LogP contribution in [-0.2, 0) is 11.2 Å². The topological polar surface area (TPSA) is 76.0 Å². The number of benzene rings is 1. The Morgan fingerprint density at radius 2 is 1.96 bits per heavy atom. The minimum absolute atomic E-state index is 0.0337. The lowest BCUT2D eigenvalue weighted by Crippen LogP contribution is -2.51. The van der Waals surface area contributed by atoms with Crippen LogP contribution in [0.2, 0.25) is 0 Å². The highest BCUT2D eigenvalue weighted by Gasteiger charge is 2.63. The normalized spacial score (nSPS) is 42.3. The van der Waals surface area contributed by atoms with Crippen LogP contribution >= 0.6 is 0 Å². The minimum Gasteiger partial charge on any atom is -0.478 e. The van der Waals surface area contributed by atoms with E-state index in [2.05, 4.69) is 24.3 Å². The SMILES string of the molecule is O=C(O)C1=CC(O)C2CC3C(Cc4ccc5c(c4)OCO5)C4C=CC1C2C43. The fourth-order valence-electron chi connectivity index (χ4n) is 6.72. The van der Waals surface area contributed by atoms with Crippen molar-refractivity contribution in [2.24, 2.45) is 41.4 Å². The van der Waals surface area contributed by atoms with Gasteiger partial charge in [-0.25, -0.2) is 4.79 Å². The summed E-state index contributed by atoms with van der Waals surface area (Å²) in [7, 11) is 0. The van der Waals surface area contributed by atoms with Gasteiger partial charge in [0, 0.05) is 11.5 Å². The molecule has 1 heterocycles. The maximum Gasteiger partial charge on any atom is 0.331 e. The molecule has 0 amide bonds. The number of ether oxygens (including phenoxy) is 2. The minimum atomic E-state index is -0.889. The van der Waals surface area contributed by atoms with Crippen molar-refractivity contribution in [3.05, 3.63) is 47.6 Å². The second kappa shape index (κ2) is 5.38. The average molecular weight is 366 g/mol. The number of allylic oxidation sites excluding steroid dienone is 2. The maximum absolute atomic E-state index is 11.6. The zero-order chi connectivity index (χ0) is 18.3. The van der Waals surface area contributed by atoms with Gasteiger partial charge >= 0.3 is 5.97 Å². The first-order chi connectivity index (χ1) is 13.1. The molecule has 1 aromatic rings. The highest BCUT2D eigenvalue weighted by Crippen LogP contribution is 2.67. The number of aliphatic carboxylic acids is 1. The highest BCUT2D eigenvalue weighted by atomic mass is 16.7. The number of fused-ring (bicyclic) bond motifs is 1. The van der Waals surface area contributed by atoms with Crippen molar-refractivity contribution in [3.63, 3.8) is 0 Å². The van der Waals surface area contributed by atoms with E-state index in [-0.39, 0.29) is 17.8 Å². The molecule has 8 unspecified atom stereocenters. The van der Waals surface area contributed by atoms with Gasteiger partial charge in [-0.3, -0.25) is 0 Å². The Balaban J connectivity index is 1.30. The molecule has 8 atom stereocenters. The Kier molecular flexibility index (Phi) is 3.14. The summed E-state index contributed by atoms with van der Waals surface area (Å²) in [6.45, 7) is 0.291. The molecule has 2 N–H and O–H groups in total. The molecule has 6 rings (SSSR count). The lowest BCUT2D eigenvalue weighted by molar-refractivity contribution is -0.134. The fourth-order valence-corrected chi connectivity index (χ4v) is 6.72. The Morgan fingerprint density at radius 3 is 2.81 bits per heavy atom. The van der Waals surface area contributed by atoms with Crippen molar-refractivity contribution in [2.45, 2.75) is 18.9 Å². The van der Waals surface area contributed by atoms with Gasteiger partial charge in [-0.1, -0.05) is 18.2 Å². The van der Waals surface area contributed by atoms with Gasteiger partial charge < -0.3 is 19.7 Å². The first-order valence-electron chi connectivity index (χ1n) is 9.82. The van der Waals surface area contributed by atoms with Crippen molar-refractivity contribution in [3.8, 4) is 11.5 Å². The van der Waals surface area contributed by atoms with E-state index in [0.717, 1.165) is 24.3 Å². The fraction of sp³-hybridized carbons (Fsp3) is 0.500. The third-order valence-corrected chi connectivity index (χ3v) is 7.73. The largest absolute Gasteiger partial charge is 0.478 e. The molecule has 2 fully saturated rings. The van der Waals surface area contributed by atoms with Gasteiger partial charge in [0.1, 0.15) is 0 Å². The maximum atomic E-state index is 11.6. The molecular weight excluding hydrogens is 344 g/mol. The number of carboxylic acids is 1. The Morgan fingerprint density at radius 1 is 1.11 bits per heavy atom. The van der Waals surface area contributed by atoms with Crippen LogP contribution in [0.4, 0.5) is 0 Å². The van der Waals surface area contributed by atoms with E-state index in [9.17, 15) is 15.0 Å². The van der Waals surface area contributed by atoms with Crippen LogP contribution in [0.3, 0.4) is 0 Å². The highest BCUT2D eigenvalue weighted by molar-refractivity contribution is 5.88. The number of hydrogen-bond donors (Lipinski definition) is 2. The lowest BCUT2D eigenvalue weighted by atomic mass is 9.50. The van der Waals surface area contributed by atoms with Crippen molar-refractivity contribution in [1.29, 1.82) is 0 Å². The van der Waals surface area contributed by atoms with Crippen molar-refractivity contribution < 1.29 is 24.5 Å². The summed E-state index contributed by atoms with van der Waals surface area (Å²) in [4.78, 5) is 11.6. The molecular formula is C22H22O5. The van der Waals surface area contributed by atoms with E-state index in [1.54, 1.807) is 6.08 Å². The summed E-state index contributed by atoms with van der Waals surface area (Å²) < 4.78 is 10.9. The van der Waals surface area contributed by atoms with Crippen molar-refractivity contribution >= 4 is 5.97 Å². The second-order valence-corrected chi connectivity index (χ2v) is 8.68. The number of carboxylic acid groups (broad SMARTS) is 1. The third-order valence-electron chi connectivity index (χ3n) is 7.73. The first-order valence-corrected chi connectivity index (χ1v) is 9.82. The summed E-state index contributed by atoms with van der Waals surface area (Å²) >= 11 is 0. The summed E-state index contributed by atoms with van der Waals surface area (Å²) in [5.74, 6) is 3.33. The smallest absolute Gasteiger partial charge is 0.331 e. The molecule has 0 saturated heterocycles. The predicted octanol–water partition coefficient (Wildman–Crippen LogP) is 2.64. The number of aliphatic hydroxyl groups is 1. The summed E-state index contributed by atoms with van der Waals surface area (Å²) in [6.07, 6.45) is 7.34. The molecule has 0 spiro atoms. The van der Waals surface area contributed by atoms with E-state index in [0.29, 0.717) is 36.0 Å². The molecule has 4 aliphatic carbocycles. The summed E-state index contributed by atoms with van der Waals surface area (Å²) in [6, 6.07) is 6.20. The van der Waals surface area contributed by atoms with Gasteiger partial charge in [0.05, 0.1) is 6.10 Å². The molecule has 0 radical (unpaired) electrons. The summed E-state index contributed by atoms with van der Waals surface area (Å²) in [5, 5.41) is 20.1. The average Bonchev–Trinajstić information content (AvgIpc) is 3.26. The van der Waals surface area contributed by atoms with Gasteiger partial charge in [0.2, 0.25) is 6.79 Å². The van der Waals surface area contributed by atoms with Gasteiger partial charge in [-0.05, 0) is 72.1 Å². The van der Waals surface area contributed by atoms with E-state index >= 15 is 0 Å². The molecule has 2 saturated carbocycles. The summed E-state index contributed by atoms with van der Waals surface area (Å²) in [5.41, 5.74) is 1.65. The van der Waals surface area contributed by atoms with Crippen LogP contribution in [0, 0.1) is 41.4 Å². The number of rotatable bonds is 3. The zero-order valence-electron chi connectivity index (χ0n) is 14.8. The van der Waals surface area contributed by atoms with Gasteiger partial charge in [0.15, 0.2) is 11.5 Å². The van der Waals surface area contributed by atoms with Gasteiger partial charge in [-0.15, -0.1) is 0 Å². The Labute approximate surface area is 157 Å². The van der Waals surface area contributed by atoms with Crippen molar-refractivity contribution in [2.75, 3.05) is 6.79 Å². The third kappa shape index (κ3) is 2.06. The van der Waals surface area contributed by atoms with Crippen LogP contribution in [0.25, 0.3) is 0 Å². The van der Waals surface area contributed by atoms with Gasteiger partial charge in [-0.2, -0.15) is 0 Å². The number of hydrogen-bond acceptors (Lipinski definition) is 4. The molecule has 0 aromatic heterocycles.